The maximum Gasteiger partial charge on any atom is 0.198 e. The molecule has 0 saturated carbocycles. The second-order valence-corrected chi connectivity index (χ2v) is 3.93. The van der Waals surface area contributed by atoms with E-state index in [1.54, 1.807) is 13.2 Å². The summed E-state index contributed by atoms with van der Waals surface area (Å²) in [6.07, 6.45) is -0.0380. The highest BCUT2D eigenvalue weighted by Gasteiger charge is 2.09. The Morgan fingerprint density at radius 1 is 1.64 bits per heavy atom. The van der Waals surface area contributed by atoms with Gasteiger partial charge in [0.25, 0.3) is 0 Å². The highest BCUT2D eigenvalue weighted by molar-refractivity contribution is 7.12. The molecule has 0 radical (unpaired) electrons. The average molecular weight is 214 g/mol. The molecule has 0 spiro atoms. The fourth-order valence-corrected chi connectivity index (χ4v) is 1.66. The summed E-state index contributed by atoms with van der Waals surface area (Å²) in [5, 5.41) is 1.88. The number of rotatable bonds is 6. The molecule has 0 bridgehead atoms. The number of hydrogen-bond donors (Lipinski definition) is 0. The van der Waals surface area contributed by atoms with Gasteiger partial charge in [-0.3, -0.25) is 4.79 Å². The van der Waals surface area contributed by atoms with Gasteiger partial charge in [0.1, 0.15) is 6.61 Å². The summed E-state index contributed by atoms with van der Waals surface area (Å²) in [4.78, 5) is 12.2. The molecule has 1 aromatic rings. The molecule has 0 aliphatic carbocycles. The summed E-state index contributed by atoms with van der Waals surface area (Å²) in [6, 6.07) is 3.66. The third-order valence-electron chi connectivity index (χ3n) is 1.70. The summed E-state index contributed by atoms with van der Waals surface area (Å²) in [5.41, 5.74) is 0. The minimum absolute atomic E-state index is 0.0305. The molecule has 0 saturated heterocycles. The van der Waals surface area contributed by atoms with Gasteiger partial charge in [0.05, 0.1) is 17.6 Å². The van der Waals surface area contributed by atoms with Crippen LogP contribution in [0.5, 0.6) is 0 Å². The number of ketones is 1. The van der Waals surface area contributed by atoms with Crippen LogP contribution in [0.2, 0.25) is 0 Å². The molecule has 0 aliphatic rings. The van der Waals surface area contributed by atoms with E-state index in [1.165, 1.54) is 11.3 Å². The molecule has 3 nitrogen and oxygen atoms in total. The van der Waals surface area contributed by atoms with Gasteiger partial charge in [-0.05, 0) is 18.4 Å². The van der Waals surface area contributed by atoms with Crippen LogP contribution in [0, 0.1) is 0 Å². The highest BCUT2D eigenvalue weighted by atomic mass is 32.1. The van der Waals surface area contributed by atoms with Crippen molar-refractivity contribution in [3.8, 4) is 0 Å². The number of carbonyl (C=O) groups excluding carboxylic acids is 1. The molecule has 0 N–H and O–H groups in total. The Morgan fingerprint density at radius 3 is 3.00 bits per heavy atom. The van der Waals surface area contributed by atoms with E-state index in [2.05, 4.69) is 0 Å². The molecule has 0 amide bonds. The van der Waals surface area contributed by atoms with Crippen LogP contribution in [0.1, 0.15) is 16.6 Å². The smallest absolute Gasteiger partial charge is 0.198 e. The zero-order chi connectivity index (χ0) is 10.4. The molecule has 0 aliphatic heterocycles. The Bertz CT molecular complexity index is 269. The first-order chi connectivity index (χ1) is 6.74. The molecule has 1 heterocycles. The number of ether oxygens (including phenoxy) is 2. The average Bonchev–Trinajstić information content (AvgIpc) is 2.67. The monoisotopic (exact) mass is 214 g/mol. The van der Waals surface area contributed by atoms with Crippen molar-refractivity contribution in [2.75, 3.05) is 20.3 Å². The zero-order valence-corrected chi connectivity index (χ0v) is 9.17. The largest absolute Gasteiger partial charge is 0.382 e. The van der Waals surface area contributed by atoms with Crippen LogP contribution in [0.3, 0.4) is 0 Å². The first-order valence-electron chi connectivity index (χ1n) is 4.41. The Hall–Kier alpha value is -0.710. The maximum atomic E-state index is 11.5. The summed E-state index contributed by atoms with van der Waals surface area (Å²) in [6.45, 7) is 2.52. The van der Waals surface area contributed by atoms with Crippen molar-refractivity contribution in [1.29, 1.82) is 0 Å². The van der Waals surface area contributed by atoms with Crippen molar-refractivity contribution in [1.82, 2.24) is 0 Å². The van der Waals surface area contributed by atoms with E-state index < -0.39 is 0 Å². The summed E-state index contributed by atoms with van der Waals surface area (Å²) in [7, 11) is 1.61. The fourth-order valence-electron chi connectivity index (χ4n) is 1.01. The van der Waals surface area contributed by atoms with Crippen LogP contribution in [-0.2, 0) is 9.47 Å². The number of Topliss-reactive ketones (excluding diaryl/α,β-unsaturated/α-hetero) is 1. The predicted octanol–water partition coefficient (Wildman–Crippen LogP) is 1.98. The van der Waals surface area contributed by atoms with Crippen LogP contribution in [0.25, 0.3) is 0 Å². The van der Waals surface area contributed by atoms with Gasteiger partial charge in [0.15, 0.2) is 5.78 Å². The third kappa shape index (κ3) is 3.57. The third-order valence-corrected chi connectivity index (χ3v) is 2.61. The number of hydrogen-bond acceptors (Lipinski definition) is 4. The van der Waals surface area contributed by atoms with E-state index in [0.717, 1.165) is 4.88 Å². The molecule has 4 heteroatoms. The van der Waals surface area contributed by atoms with Crippen molar-refractivity contribution in [2.24, 2.45) is 0 Å². The lowest BCUT2D eigenvalue weighted by atomic mass is 10.3. The lowest BCUT2D eigenvalue weighted by Gasteiger charge is -2.10. The van der Waals surface area contributed by atoms with Crippen molar-refractivity contribution in [2.45, 2.75) is 13.0 Å². The van der Waals surface area contributed by atoms with E-state index in [9.17, 15) is 4.79 Å². The van der Waals surface area contributed by atoms with Crippen LogP contribution in [-0.4, -0.2) is 32.2 Å². The first kappa shape index (κ1) is 11.4. The van der Waals surface area contributed by atoms with Crippen LogP contribution in [0.15, 0.2) is 17.5 Å². The fraction of sp³-hybridized carbons (Fsp3) is 0.500. The Labute approximate surface area is 87.7 Å². The van der Waals surface area contributed by atoms with Crippen molar-refractivity contribution >= 4 is 17.1 Å². The molecule has 0 aromatic carbocycles. The Balaban J connectivity index is 2.28. The second-order valence-electron chi connectivity index (χ2n) is 2.98. The van der Waals surface area contributed by atoms with Crippen molar-refractivity contribution in [3.05, 3.63) is 22.4 Å². The van der Waals surface area contributed by atoms with Gasteiger partial charge < -0.3 is 9.47 Å². The topological polar surface area (TPSA) is 35.5 Å². The van der Waals surface area contributed by atoms with Gasteiger partial charge >= 0.3 is 0 Å². The standard InChI is InChI=1S/C10H14O3S/c1-8(6-12-2)13-7-9(11)10-4-3-5-14-10/h3-5,8H,6-7H2,1-2H3. The highest BCUT2D eigenvalue weighted by Crippen LogP contribution is 2.09. The summed E-state index contributed by atoms with van der Waals surface area (Å²) >= 11 is 1.44. The molecular weight excluding hydrogens is 200 g/mol. The number of methoxy groups -OCH3 is 1. The van der Waals surface area contributed by atoms with E-state index in [-0.39, 0.29) is 18.5 Å². The van der Waals surface area contributed by atoms with E-state index >= 15 is 0 Å². The SMILES string of the molecule is COCC(C)OCC(=O)c1cccs1. The molecule has 14 heavy (non-hydrogen) atoms. The van der Waals surface area contributed by atoms with E-state index in [0.29, 0.717) is 6.61 Å². The maximum absolute atomic E-state index is 11.5. The predicted molar refractivity (Wildman–Crippen MR) is 55.9 cm³/mol. The molecular formula is C10H14O3S. The van der Waals surface area contributed by atoms with Gasteiger partial charge in [-0.1, -0.05) is 6.07 Å². The quantitative estimate of drug-likeness (QED) is 0.679. The van der Waals surface area contributed by atoms with Crippen molar-refractivity contribution < 1.29 is 14.3 Å². The molecule has 1 aromatic heterocycles. The van der Waals surface area contributed by atoms with Crippen LogP contribution in [0.4, 0.5) is 0 Å². The van der Waals surface area contributed by atoms with Gasteiger partial charge in [0.2, 0.25) is 0 Å². The minimum Gasteiger partial charge on any atom is -0.382 e. The number of carbonyl (C=O) groups is 1. The molecule has 0 fully saturated rings. The van der Waals surface area contributed by atoms with Gasteiger partial charge in [-0.15, -0.1) is 11.3 Å². The van der Waals surface area contributed by atoms with Crippen LogP contribution >= 0.6 is 11.3 Å². The van der Waals surface area contributed by atoms with Gasteiger partial charge in [-0.2, -0.15) is 0 Å². The molecule has 1 unspecified atom stereocenters. The number of thiophene rings is 1. The summed E-state index contributed by atoms with van der Waals surface area (Å²) < 4.78 is 10.2. The van der Waals surface area contributed by atoms with Crippen molar-refractivity contribution in [3.63, 3.8) is 0 Å². The van der Waals surface area contributed by atoms with E-state index in [1.807, 2.05) is 18.4 Å². The summed E-state index contributed by atoms with van der Waals surface area (Å²) in [5.74, 6) is 0.0305. The van der Waals surface area contributed by atoms with Gasteiger partial charge in [-0.25, -0.2) is 0 Å². The molecule has 78 valence electrons. The first-order valence-corrected chi connectivity index (χ1v) is 5.29. The van der Waals surface area contributed by atoms with Crippen LogP contribution < -0.4 is 0 Å². The lowest BCUT2D eigenvalue weighted by Crippen LogP contribution is -2.19. The Kier molecular flexibility index (Phi) is 4.79. The molecule has 1 rings (SSSR count). The van der Waals surface area contributed by atoms with E-state index in [4.69, 9.17) is 9.47 Å². The van der Waals surface area contributed by atoms with Gasteiger partial charge in [0, 0.05) is 7.11 Å². The second kappa shape index (κ2) is 5.90. The zero-order valence-electron chi connectivity index (χ0n) is 8.36. The normalized spacial score (nSPS) is 12.7. The lowest BCUT2D eigenvalue weighted by molar-refractivity contribution is 0.0127. The molecule has 1 atom stereocenters. The minimum atomic E-state index is -0.0380. The Morgan fingerprint density at radius 2 is 2.43 bits per heavy atom.